The summed E-state index contributed by atoms with van der Waals surface area (Å²) in [5, 5.41) is 3.14. The second-order valence-corrected chi connectivity index (χ2v) is 4.31. The number of carbonyl (C=O) groups excluding carboxylic acids is 1. The first-order valence-electron chi connectivity index (χ1n) is 5.84. The fraction of sp³-hybridized carbons (Fsp3) is 0.500. The SMILES string of the molecule is CCCCCCNC(=O)c1cc(N)ncc1Cl. The Balaban J connectivity index is 2.44. The first-order chi connectivity index (χ1) is 8.15. The molecule has 17 heavy (non-hydrogen) atoms. The third-order valence-electron chi connectivity index (χ3n) is 2.44. The number of pyridine rings is 1. The van der Waals surface area contributed by atoms with Gasteiger partial charge in [0.1, 0.15) is 5.82 Å². The van der Waals surface area contributed by atoms with E-state index in [-0.39, 0.29) is 5.91 Å². The minimum absolute atomic E-state index is 0.194. The summed E-state index contributed by atoms with van der Waals surface area (Å²) in [4.78, 5) is 15.6. The van der Waals surface area contributed by atoms with E-state index in [1.165, 1.54) is 25.1 Å². The number of amides is 1. The average molecular weight is 256 g/mol. The van der Waals surface area contributed by atoms with Gasteiger partial charge in [-0.3, -0.25) is 4.79 Å². The van der Waals surface area contributed by atoms with Crippen LogP contribution in [0.15, 0.2) is 12.3 Å². The Bertz CT molecular complexity index is 382. The molecule has 0 fully saturated rings. The van der Waals surface area contributed by atoms with Crippen LogP contribution in [0.3, 0.4) is 0 Å². The Morgan fingerprint density at radius 3 is 2.94 bits per heavy atom. The lowest BCUT2D eigenvalue weighted by molar-refractivity contribution is 0.0953. The number of rotatable bonds is 6. The van der Waals surface area contributed by atoms with Gasteiger partial charge in [-0.15, -0.1) is 0 Å². The lowest BCUT2D eigenvalue weighted by atomic mass is 10.2. The molecule has 1 rings (SSSR count). The van der Waals surface area contributed by atoms with Crippen LogP contribution in [0.2, 0.25) is 5.02 Å². The second kappa shape index (κ2) is 7.12. The predicted molar refractivity (Wildman–Crippen MR) is 70.1 cm³/mol. The van der Waals surface area contributed by atoms with Gasteiger partial charge < -0.3 is 11.1 Å². The molecule has 4 nitrogen and oxygen atoms in total. The summed E-state index contributed by atoms with van der Waals surface area (Å²) in [7, 11) is 0. The average Bonchev–Trinajstić information content (AvgIpc) is 2.32. The van der Waals surface area contributed by atoms with E-state index in [0.717, 1.165) is 12.8 Å². The number of nitrogen functional groups attached to an aromatic ring is 1. The van der Waals surface area contributed by atoms with Crippen LogP contribution >= 0.6 is 11.6 Å². The topological polar surface area (TPSA) is 68.0 Å². The van der Waals surface area contributed by atoms with E-state index in [1.54, 1.807) is 0 Å². The molecule has 94 valence electrons. The number of carbonyl (C=O) groups is 1. The van der Waals surface area contributed by atoms with E-state index < -0.39 is 0 Å². The highest BCUT2D eigenvalue weighted by molar-refractivity contribution is 6.33. The Kier molecular flexibility index (Phi) is 5.77. The number of nitrogens with zero attached hydrogens (tertiary/aromatic N) is 1. The number of halogens is 1. The zero-order chi connectivity index (χ0) is 12.7. The van der Waals surface area contributed by atoms with Crippen molar-refractivity contribution in [2.24, 2.45) is 0 Å². The molecule has 5 heteroatoms. The normalized spacial score (nSPS) is 10.2. The number of aromatic nitrogens is 1. The largest absolute Gasteiger partial charge is 0.384 e. The summed E-state index contributed by atoms with van der Waals surface area (Å²) in [5.41, 5.74) is 5.89. The number of hydrogen-bond acceptors (Lipinski definition) is 3. The standard InChI is InChI=1S/C12H18ClN3O/c1-2-3-4-5-6-15-12(17)9-7-11(14)16-8-10(9)13/h7-8H,2-6H2,1H3,(H2,14,16)(H,15,17). The molecule has 0 unspecified atom stereocenters. The molecule has 0 saturated heterocycles. The van der Waals surface area contributed by atoms with Crippen LogP contribution in [-0.2, 0) is 0 Å². The summed E-state index contributed by atoms with van der Waals surface area (Å²) in [6, 6.07) is 1.49. The van der Waals surface area contributed by atoms with Crippen LogP contribution in [0, 0.1) is 0 Å². The molecule has 1 heterocycles. The summed E-state index contributed by atoms with van der Waals surface area (Å²) in [6.45, 7) is 2.81. The molecule has 0 radical (unpaired) electrons. The molecular weight excluding hydrogens is 238 g/mol. The number of nitrogens with two attached hydrogens (primary N) is 1. The number of nitrogens with one attached hydrogen (secondary N) is 1. The van der Waals surface area contributed by atoms with Crippen molar-refractivity contribution in [1.29, 1.82) is 0 Å². The molecular formula is C12H18ClN3O. The number of hydrogen-bond donors (Lipinski definition) is 2. The van der Waals surface area contributed by atoms with E-state index in [0.29, 0.717) is 22.9 Å². The Hall–Kier alpha value is -1.29. The molecule has 0 aliphatic rings. The number of unbranched alkanes of at least 4 members (excludes halogenated alkanes) is 3. The summed E-state index contributed by atoms with van der Waals surface area (Å²) >= 11 is 5.87. The maximum absolute atomic E-state index is 11.8. The monoisotopic (exact) mass is 255 g/mol. The first kappa shape index (κ1) is 13.8. The zero-order valence-corrected chi connectivity index (χ0v) is 10.8. The van der Waals surface area contributed by atoms with E-state index in [4.69, 9.17) is 17.3 Å². The fourth-order valence-electron chi connectivity index (χ4n) is 1.48. The van der Waals surface area contributed by atoms with E-state index >= 15 is 0 Å². The third kappa shape index (κ3) is 4.61. The Morgan fingerprint density at radius 2 is 2.24 bits per heavy atom. The molecule has 0 spiro atoms. The van der Waals surface area contributed by atoms with Gasteiger partial charge >= 0.3 is 0 Å². The van der Waals surface area contributed by atoms with Gasteiger partial charge in [0.25, 0.3) is 5.91 Å². The van der Waals surface area contributed by atoms with Crippen LogP contribution in [0.25, 0.3) is 0 Å². The minimum atomic E-state index is -0.194. The van der Waals surface area contributed by atoms with Crippen LogP contribution in [0.1, 0.15) is 43.0 Å². The highest BCUT2D eigenvalue weighted by atomic mass is 35.5. The lowest BCUT2D eigenvalue weighted by Crippen LogP contribution is -2.25. The lowest BCUT2D eigenvalue weighted by Gasteiger charge is -2.06. The van der Waals surface area contributed by atoms with E-state index in [1.807, 2.05) is 0 Å². The quantitative estimate of drug-likeness (QED) is 0.768. The van der Waals surface area contributed by atoms with Gasteiger partial charge in [0.2, 0.25) is 0 Å². The number of anilines is 1. The zero-order valence-electron chi connectivity index (χ0n) is 10.0. The van der Waals surface area contributed by atoms with E-state index in [9.17, 15) is 4.79 Å². The summed E-state index contributed by atoms with van der Waals surface area (Å²) < 4.78 is 0. The first-order valence-corrected chi connectivity index (χ1v) is 6.22. The molecule has 0 aliphatic carbocycles. The Labute approximate surface area is 107 Å². The maximum atomic E-state index is 11.8. The van der Waals surface area contributed by atoms with Gasteiger partial charge in [-0.2, -0.15) is 0 Å². The van der Waals surface area contributed by atoms with Crippen LogP contribution < -0.4 is 11.1 Å². The van der Waals surface area contributed by atoms with Gasteiger partial charge in [-0.1, -0.05) is 37.8 Å². The summed E-state index contributed by atoms with van der Waals surface area (Å²) in [6.07, 6.45) is 5.88. The van der Waals surface area contributed by atoms with Crippen molar-refractivity contribution in [3.63, 3.8) is 0 Å². The van der Waals surface area contributed by atoms with Gasteiger partial charge in [-0.05, 0) is 12.5 Å². The maximum Gasteiger partial charge on any atom is 0.252 e. The molecule has 0 atom stereocenters. The third-order valence-corrected chi connectivity index (χ3v) is 2.74. The summed E-state index contributed by atoms with van der Waals surface area (Å²) in [5.74, 6) is 0.103. The van der Waals surface area contributed by atoms with Crippen molar-refractivity contribution in [1.82, 2.24) is 10.3 Å². The van der Waals surface area contributed by atoms with Crippen LogP contribution in [0.5, 0.6) is 0 Å². The van der Waals surface area contributed by atoms with Crippen LogP contribution in [0.4, 0.5) is 5.82 Å². The van der Waals surface area contributed by atoms with Crippen molar-refractivity contribution in [2.75, 3.05) is 12.3 Å². The van der Waals surface area contributed by atoms with E-state index in [2.05, 4.69) is 17.2 Å². The van der Waals surface area contributed by atoms with Gasteiger partial charge in [0, 0.05) is 12.7 Å². The van der Waals surface area contributed by atoms with Crippen molar-refractivity contribution < 1.29 is 4.79 Å². The molecule has 1 amide bonds. The minimum Gasteiger partial charge on any atom is -0.384 e. The molecule has 0 aromatic carbocycles. The molecule has 0 bridgehead atoms. The highest BCUT2D eigenvalue weighted by Crippen LogP contribution is 2.16. The molecule has 0 saturated carbocycles. The van der Waals surface area contributed by atoms with Gasteiger partial charge in [-0.25, -0.2) is 4.98 Å². The molecule has 0 aliphatic heterocycles. The Morgan fingerprint density at radius 1 is 1.47 bits per heavy atom. The molecule has 3 N–H and O–H groups in total. The van der Waals surface area contributed by atoms with Gasteiger partial charge in [0.05, 0.1) is 10.6 Å². The predicted octanol–water partition coefficient (Wildman–Crippen LogP) is 2.63. The smallest absolute Gasteiger partial charge is 0.252 e. The van der Waals surface area contributed by atoms with Crippen molar-refractivity contribution in [2.45, 2.75) is 32.6 Å². The second-order valence-electron chi connectivity index (χ2n) is 3.91. The molecule has 1 aromatic rings. The fourth-order valence-corrected chi connectivity index (χ4v) is 1.67. The van der Waals surface area contributed by atoms with Crippen molar-refractivity contribution in [3.8, 4) is 0 Å². The molecule has 1 aromatic heterocycles. The highest BCUT2D eigenvalue weighted by Gasteiger charge is 2.10. The van der Waals surface area contributed by atoms with Crippen LogP contribution in [-0.4, -0.2) is 17.4 Å². The van der Waals surface area contributed by atoms with Gasteiger partial charge in [0.15, 0.2) is 0 Å². The van der Waals surface area contributed by atoms with Crippen molar-refractivity contribution >= 4 is 23.3 Å². The van der Waals surface area contributed by atoms with Crippen molar-refractivity contribution in [3.05, 3.63) is 22.8 Å².